The van der Waals surface area contributed by atoms with E-state index in [4.69, 9.17) is 19.9 Å². The number of benzene rings is 1. The van der Waals surface area contributed by atoms with Crippen LogP contribution in [0.5, 0.6) is 11.5 Å². The molecule has 0 bridgehead atoms. The molecule has 0 fully saturated rings. The lowest BCUT2D eigenvalue weighted by Gasteiger charge is -2.07. The van der Waals surface area contributed by atoms with Gasteiger partial charge in [0, 0.05) is 24.6 Å². The molecule has 11 heteroatoms. The fourth-order valence-electron chi connectivity index (χ4n) is 2.87. The molecular weight excluding hydrogens is 398 g/mol. The quantitative estimate of drug-likeness (QED) is 0.239. The number of amides is 1. The van der Waals surface area contributed by atoms with Gasteiger partial charge < -0.3 is 30.5 Å². The summed E-state index contributed by atoms with van der Waals surface area (Å²) >= 11 is 1.17. The number of hydrogen-bond donors (Lipinski definition) is 3. The molecule has 0 saturated heterocycles. The first-order valence-electron chi connectivity index (χ1n) is 8.57. The molecular formula is C18H17N5O5S. The molecule has 150 valence electrons. The van der Waals surface area contributed by atoms with Crippen LogP contribution in [0.1, 0.15) is 20.9 Å². The highest BCUT2D eigenvalue weighted by Crippen LogP contribution is 2.34. The predicted octanol–water partition coefficient (Wildman–Crippen LogP) is 1.60. The predicted molar refractivity (Wildman–Crippen MR) is 106 cm³/mol. The average Bonchev–Trinajstić information content (AvgIpc) is 3.35. The average molecular weight is 415 g/mol. The lowest BCUT2D eigenvalue weighted by atomic mass is 10.0. The van der Waals surface area contributed by atoms with Gasteiger partial charge in [-0.2, -0.15) is 0 Å². The highest BCUT2D eigenvalue weighted by Gasteiger charge is 2.22. The molecule has 1 aliphatic heterocycles. The number of ether oxygens (including phenoxy) is 3. The number of nitrogens with two attached hydrogens (primary N) is 1. The fraction of sp³-hybridized carbons (Fsp3) is 0.222. The molecule has 1 amide bonds. The molecule has 3 aromatic rings. The Bertz CT molecular complexity index is 1110. The number of fused-ring (bicyclic) bond motifs is 2. The summed E-state index contributed by atoms with van der Waals surface area (Å²) in [6, 6.07) is 6.77. The number of rotatable bonds is 6. The number of nitrogen functional groups attached to an aromatic ring is 1. The van der Waals surface area contributed by atoms with Crippen molar-refractivity contribution < 1.29 is 24.2 Å². The Labute approximate surface area is 168 Å². The van der Waals surface area contributed by atoms with Gasteiger partial charge in [0.2, 0.25) is 12.7 Å². The maximum absolute atomic E-state index is 12.4. The highest BCUT2D eigenvalue weighted by molar-refractivity contribution is 7.20. The summed E-state index contributed by atoms with van der Waals surface area (Å²) in [6.07, 6.45) is 0. The van der Waals surface area contributed by atoms with Crippen molar-refractivity contribution in [1.29, 1.82) is 0 Å². The largest absolute Gasteiger partial charge is 0.454 e. The molecule has 0 saturated carbocycles. The fourth-order valence-corrected chi connectivity index (χ4v) is 3.82. The van der Waals surface area contributed by atoms with E-state index in [1.165, 1.54) is 11.3 Å². The number of nitrogens with zero attached hydrogens (tertiary/aromatic N) is 3. The van der Waals surface area contributed by atoms with E-state index in [2.05, 4.69) is 20.4 Å². The molecule has 10 nitrogen and oxygen atoms in total. The third-order valence-electron chi connectivity index (χ3n) is 4.20. The van der Waals surface area contributed by atoms with Gasteiger partial charge in [0.05, 0.1) is 11.5 Å². The molecule has 0 radical (unpaired) electrons. The number of oxime groups is 1. The second-order valence-electron chi connectivity index (χ2n) is 6.03. The maximum atomic E-state index is 12.4. The molecule has 0 spiro atoms. The van der Waals surface area contributed by atoms with E-state index < -0.39 is 0 Å². The zero-order chi connectivity index (χ0) is 20.4. The second kappa shape index (κ2) is 7.89. The van der Waals surface area contributed by atoms with Crippen LogP contribution in [-0.4, -0.2) is 53.8 Å². The summed E-state index contributed by atoms with van der Waals surface area (Å²) in [6.45, 7) is 0.909. The molecule has 1 aliphatic rings. The van der Waals surface area contributed by atoms with E-state index >= 15 is 0 Å². The first-order valence-corrected chi connectivity index (χ1v) is 9.39. The Morgan fingerprint density at radius 3 is 2.97 bits per heavy atom. The number of hydrogen-bond acceptors (Lipinski definition) is 10. The van der Waals surface area contributed by atoms with Crippen LogP contribution in [0, 0.1) is 0 Å². The van der Waals surface area contributed by atoms with Crippen molar-refractivity contribution in [3.63, 3.8) is 0 Å². The SMILES string of the molecule is COCCNC(=O)c1cc2c(/C(=N/O)c3ccc4c(c3)OCO4)nc(N)nc2s1. The second-order valence-corrected chi connectivity index (χ2v) is 7.06. The summed E-state index contributed by atoms with van der Waals surface area (Å²) in [5, 5.41) is 16.4. The molecule has 29 heavy (non-hydrogen) atoms. The third kappa shape index (κ3) is 3.65. The number of aromatic nitrogens is 2. The van der Waals surface area contributed by atoms with Gasteiger partial charge in [-0.3, -0.25) is 4.79 Å². The van der Waals surface area contributed by atoms with Crippen molar-refractivity contribution in [2.24, 2.45) is 5.16 Å². The van der Waals surface area contributed by atoms with E-state index in [1.54, 1.807) is 31.4 Å². The van der Waals surface area contributed by atoms with Crippen LogP contribution in [-0.2, 0) is 4.74 Å². The summed E-state index contributed by atoms with van der Waals surface area (Å²) in [5.74, 6) is 0.872. The van der Waals surface area contributed by atoms with E-state index in [9.17, 15) is 10.0 Å². The molecule has 4 rings (SSSR count). The zero-order valence-electron chi connectivity index (χ0n) is 15.3. The zero-order valence-corrected chi connectivity index (χ0v) is 16.2. The first kappa shape index (κ1) is 18.9. The molecule has 0 atom stereocenters. The summed E-state index contributed by atoms with van der Waals surface area (Å²) in [5.41, 5.74) is 6.88. The summed E-state index contributed by atoms with van der Waals surface area (Å²) in [4.78, 5) is 21.8. The number of thiophene rings is 1. The van der Waals surface area contributed by atoms with Gasteiger partial charge in [-0.1, -0.05) is 5.16 Å². The molecule has 0 unspecified atom stereocenters. The van der Waals surface area contributed by atoms with E-state index in [0.717, 1.165) is 0 Å². The van der Waals surface area contributed by atoms with Crippen molar-refractivity contribution in [3.8, 4) is 11.5 Å². The smallest absolute Gasteiger partial charge is 0.261 e. The van der Waals surface area contributed by atoms with Gasteiger partial charge >= 0.3 is 0 Å². The number of nitrogens with one attached hydrogen (secondary N) is 1. The number of carbonyl (C=O) groups is 1. The Kier molecular flexibility index (Phi) is 5.14. The van der Waals surface area contributed by atoms with E-state index in [1.807, 2.05) is 0 Å². The van der Waals surface area contributed by atoms with Crippen LogP contribution < -0.4 is 20.5 Å². The highest BCUT2D eigenvalue weighted by atomic mass is 32.1. The first-order chi connectivity index (χ1) is 14.1. The minimum atomic E-state index is -0.264. The number of carbonyl (C=O) groups excluding carboxylic acids is 1. The Morgan fingerprint density at radius 1 is 1.34 bits per heavy atom. The van der Waals surface area contributed by atoms with Crippen LogP contribution in [0.2, 0.25) is 0 Å². The van der Waals surface area contributed by atoms with Gasteiger partial charge in [0.25, 0.3) is 5.91 Å². The van der Waals surface area contributed by atoms with Crippen LogP contribution in [0.4, 0.5) is 5.95 Å². The normalized spacial score (nSPS) is 13.1. The molecule has 3 heterocycles. The maximum Gasteiger partial charge on any atom is 0.261 e. The topological polar surface area (TPSA) is 141 Å². The lowest BCUT2D eigenvalue weighted by molar-refractivity contribution is 0.0941. The van der Waals surface area contributed by atoms with Gasteiger partial charge in [0.15, 0.2) is 11.5 Å². The van der Waals surface area contributed by atoms with Crippen molar-refractivity contribution in [2.45, 2.75) is 0 Å². The van der Waals surface area contributed by atoms with Crippen molar-refractivity contribution in [2.75, 3.05) is 32.8 Å². The Balaban J connectivity index is 1.75. The number of anilines is 1. The Hall–Kier alpha value is -3.44. The minimum Gasteiger partial charge on any atom is -0.454 e. The van der Waals surface area contributed by atoms with Crippen LogP contribution in [0.25, 0.3) is 10.2 Å². The molecule has 4 N–H and O–H groups in total. The van der Waals surface area contributed by atoms with E-state index in [0.29, 0.717) is 51.0 Å². The Morgan fingerprint density at radius 2 is 2.17 bits per heavy atom. The monoisotopic (exact) mass is 415 g/mol. The van der Waals surface area contributed by atoms with Gasteiger partial charge in [0.1, 0.15) is 16.2 Å². The number of methoxy groups -OCH3 is 1. The standard InChI is InChI=1S/C18H17N5O5S/c1-26-5-4-20-16(24)13-7-10-15(21-18(19)22-17(10)29-13)14(23-25)9-2-3-11-12(6-9)28-8-27-11/h2-3,6-7,25H,4-5,8H2,1H3,(H,20,24)(H2,19,21,22)/b23-14+. The molecule has 0 aliphatic carbocycles. The minimum absolute atomic E-state index is 0.00239. The van der Waals surface area contributed by atoms with Crippen molar-refractivity contribution in [1.82, 2.24) is 15.3 Å². The van der Waals surface area contributed by atoms with Crippen molar-refractivity contribution in [3.05, 3.63) is 40.4 Å². The van der Waals surface area contributed by atoms with Crippen molar-refractivity contribution >= 4 is 39.1 Å². The summed E-state index contributed by atoms with van der Waals surface area (Å²) in [7, 11) is 1.56. The lowest BCUT2D eigenvalue weighted by Crippen LogP contribution is -2.26. The third-order valence-corrected chi connectivity index (χ3v) is 5.22. The van der Waals surface area contributed by atoms with E-state index in [-0.39, 0.29) is 24.4 Å². The van der Waals surface area contributed by atoms with Crippen LogP contribution in [0.3, 0.4) is 0 Å². The van der Waals surface area contributed by atoms with Crippen LogP contribution in [0.15, 0.2) is 29.4 Å². The van der Waals surface area contributed by atoms with Crippen LogP contribution >= 0.6 is 11.3 Å². The van der Waals surface area contributed by atoms with Gasteiger partial charge in [-0.25, -0.2) is 9.97 Å². The molecule has 1 aromatic carbocycles. The van der Waals surface area contributed by atoms with Gasteiger partial charge in [-0.05, 0) is 24.3 Å². The molecule has 2 aromatic heterocycles. The summed E-state index contributed by atoms with van der Waals surface area (Å²) < 4.78 is 15.6. The van der Waals surface area contributed by atoms with Gasteiger partial charge in [-0.15, -0.1) is 11.3 Å².